The molecule has 2 amide bonds. The Kier molecular flexibility index (Phi) is 5.55. The maximum absolute atomic E-state index is 12.9. The molecule has 0 aliphatic carbocycles. The first-order valence-corrected chi connectivity index (χ1v) is 11.0. The van der Waals surface area contributed by atoms with Gasteiger partial charge in [-0.2, -0.15) is 0 Å². The maximum atomic E-state index is 12.9. The Balaban J connectivity index is 1.45. The van der Waals surface area contributed by atoms with Crippen molar-refractivity contribution < 1.29 is 18.7 Å². The molecule has 34 heavy (non-hydrogen) atoms. The Hall–Kier alpha value is -4.10. The monoisotopic (exact) mass is 474 g/mol. The number of hydrogen-bond acceptors (Lipinski definition) is 5. The summed E-state index contributed by atoms with van der Waals surface area (Å²) >= 11 is 5.98. The average Bonchev–Trinajstić information content (AvgIpc) is 2.83. The quantitative estimate of drug-likeness (QED) is 0.420. The van der Waals surface area contributed by atoms with Crippen molar-refractivity contribution in [2.24, 2.45) is 0 Å². The van der Waals surface area contributed by atoms with Crippen molar-refractivity contribution >= 4 is 45.8 Å². The topological polar surface area (TPSA) is 88.8 Å². The molecule has 2 heterocycles. The summed E-state index contributed by atoms with van der Waals surface area (Å²) in [4.78, 5) is 39.7. The first-order chi connectivity index (χ1) is 16.4. The molecule has 0 fully saturated rings. The summed E-state index contributed by atoms with van der Waals surface area (Å²) in [5.41, 5.74) is 1.37. The van der Waals surface area contributed by atoms with Crippen LogP contribution in [0.25, 0.3) is 11.0 Å². The molecule has 1 aliphatic heterocycles. The number of anilines is 2. The number of amides is 2. The number of fused-ring (bicyclic) bond motifs is 2. The van der Waals surface area contributed by atoms with Crippen LogP contribution in [0.1, 0.15) is 22.8 Å². The zero-order chi connectivity index (χ0) is 23.8. The number of para-hydroxylation sites is 1. The molecule has 0 saturated carbocycles. The number of halogens is 1. The highest BCUT2D eigenvalue weighted by Crippen LogP contribution is 2.37. The van der Waals surface area contributed by atoms with Gasteiger partial charge in [0.15, 0.2) is 6.10 Å². The standard InChI is InChI=1S/C26H19ClN2O5/c1-15-25(31)29(14-16-6-8-18(27)9-7-16)21-13-19(10-11-23(21)33-15)28-24(30)20-12-17-4-2-3-5-22(17)34-26(20)32/h2-13,15H,14H2,1H3,(H,28,30). The molecule has 0 saturated heterocycles. The zero-order valence-electron chi connectivity index (χ0n) is 18.1. The fraction of sp³-hybridized carbons (Fsp3) is 0.115. The summed E-state index contributed by atoms with van der Waals surface area (Å²) in [5.74, 6) is -0.300. The molecule has 0 spiro atoms. The van der Waals surface area contributed by atoms with E-state index >= 15 is 0 Å². The highest BCUT2D eigenvalue weighted by atomic mass is 35.5. The lowest BCUT2D eigenvalue weighted by molar-refractivity contribution is -0.125. The van der Waals surface area contributed by atoms with E-state index in [0.717, 1.165) is 5.56 Å². The van der Waals surface area contributed by atoms with E-state index in [9.17, 15) is 14.4 Å². The predicted molar refractivity (Wildman–Crippen MR) is 130 cm³/mol. The predicted octanol–water partition coefficient (Wildman–Crippen LogP) is 5.01. The third-order valence-corrected chi connectivity index (χ3v) is 5.82. The summed E-state index contributed by atoms with van der Waals surface area (Å²) in [6.07, 6.45) is -0.650. The number of ether oxygens (including phenoxy) is 1. The zero-order valence-corrected chi connectivity index (χ0v) is 18.8. The lowest BCUT2D eigenvalue weighted by Gasteiger charge is -2.33. The highest BCUT2D eigenvalue weighted by Gasteiger charge is 2.32. The van der Waals surface area contributed by atoms with Gasteiger partial charge in [-0.15, -0.1) is 0 Å². The molecular weight excluding hydrogens is 456 g/mol. The van der Waals surface area contributed by atoms with Gasteiger partial charge < -0.3 is 19.4 Å². The minimum Gasteiger partial charge on any atom is -0.479 e. The van der Waals surface area contributed by atoms with Crippen LogP contribution in [0.2, 0.25) is 5.02 Å². The largest absolute Gasteiger partial charge is 0.479 e. The fourth-order valence-corrected chi connectivity index (χ4v) is 3.96. The van der Waals surface area contributed by atoms with Crippen LogP contribution in [0.4, 0.5) is 11.4 Å². The van der Waals surface area contributed by atoms with Crippen molar-refractivity contribution in [1.82, 2.24) is 0 Å². The van der Waals surface area contributed by atoms with Crippen molar-refractivity contribution in [3.8, 4) is 5.75 Å². The molecule has 0 bridgehead atoms. The summed E-state index contributed by atoms with van der Waals surface area (Å²) in [7, 11) is 0. The Morgan fingerprint density at radius 2 is 1.79 bits per heavy atom. The molecule has 4 aromatic rings. The first-order valence-electron chi connectivity index (χ1n) is 10.6. The number of nitrogens with zero attached hydrogens (tertiary/aromatic N) is 1. The Morgan fingerprint density at radius 1 is 1.03 bits per heavy atom. The normalized spacial score (nSPS) is 15.1. The molecule has 8 heteroatoms. The molecule has 7 nitrogen and oxygen atoms in total. The van der Waals surface area contributed by atoms with Gasteiger partial charge in [-0.05, 0) is 55.0 Å². The van der Waals surface area contributed by atoms with E-state index in [1.165, 1.54) is 6.07 Å². The molecule has 1 unspecified atom stereocenters. The van der Waals surface area contributed by atoms with Gasteiger partial charge in [-0.1, -0.05) is 41.9 Å². The van der Waals surface area contributed by atoms with Crippen molar-refractivity contribution in [2.75, 3.05) is 10.2 Å². The third kappa shape index (κ3) is 4.13. The van der Waals surface area contributed by atoms with Crippen molar-refractivity contribution in [3.63, 3.8) is 0 Å². The SMILES string of the molecule is CC1Oc2ccc(NC(=O)c3cc4ccccc4oc3=O)cc2N(Cc2ccc(Cl)cc2)C1=O. The highest BCUT2D eigenvalue weighted by molar-refractivity contribution is 6.30. The molecular formula is C26H19ClN2O5. The van der Waals surface area contributed by atoms with Crippen LogP contribution < -0.4 is 20.6 Å². The van der Waals surface area contributed by atoms with E-state index in [0.29, 0.717) is 39.7 Å². The molecule has 0 radical (unpaired) electrons. The number of nitrogens with one attached hydrogen (secondary N) is 1. The number of hydrogen-bond donors (Lipinski definition) is 1. The van der Waals surface area contributed by atoms with Crippen LogP contribution >= 0.6 is 11.6 Å². The first kappa shape index (κ1) is 21.7. The van der Waals surface area contributed by atoms with Gasteiger partial charge in [-0.25, -0.2) is 4.79 Å². The summed E-state index contributed by atoms with van der Waals surface area (Å²) < 4.78 is 11.0. The minimum atomic E-state index is -0.731. The van der Waals surface area contributed by atoms with Gasteiger partial charge in [0.05, 0.1) is 12.2 Å². The molecule has 1 aromatic heterocycles. The van der Waals surface area contributed by atoms with E-state index < -0.39 is 17.6 Å². The van der Waals surface area contributed by atoms with E-state index in [4.69, 9.17) is 20.8 Å². The van der Waals surface area contributed by atoms with Gasteiger partial charge in [-0.3, -0.25) is 9.59 Å². The Labute approximate surface area is 199 Å². The second-order valence-electron chi connectivity index (χ2n) is 7.93. The third-order valence-electron chi connectivity index (χ3n) is 5.57. The van der Waals surface area contributed by atoms with Crippen LogP contribution in [0.15, 0.2) is 82.0 Å². The smallest absolute Gasteiger partial charge is 0.349 e. The van der Waals surface area contributed by atoms with Gasteiger partial charge in [0.25, 0.3) is 11.8 Å². The number of carbonyl (C=O) groups excluding carboxylic acids is 2. The molecule has 3 aromatic carbocycles. The average molecular weight is 475 g/mol. The lowest BCUT2D eigenvalue weighted by Crippen LogP contribution is -2.44. The maximum Gasteiger partial charge on any atom is 0.349 e. The van der Waals surface area contributed by atoms with E-state index in [1.54, 1.807) is 66.4 Å². The van der Waals surface area contributed by atoms with Crippen LogP contribution in [-0.4, -0.2) is 17.9 Å². The number of rotatable bonds is 4. The molecule has 1 aliphatic rings. The van der Waals surface area contributed by atoms with Crippen LogP contribution in [0, 0.1) is 0 Å². The van der Waals surface area contributed by atoms with Gasteiger partial charge in [0.1, 0.15) is 16.9 Å². The van der Waals surface area contributed by atoms with Crippen LogP contribution in [-0.2, 0) is 11.3 Å². The van der Waals surface area contributed by atoms with E-state index in [-0.39, 0.29) is 11.5 Å². The van der Waals surface area contributed by atoms with Crippen LogP contribution in [0.5, 0.6) is 5.75 Å². The number of benzene rings is 3. The van der Waals surface area contributed by atoms with E-state index in [2.05, 4.69) is 5.32 Å². The van der Waals surface area contributed by atoms with Gasteiger partial charge in [0, 0.05) is 16.1 Å². The minimum absolute atomic E-state index is 0.115. The van der Waals surface area contributed by atoms with Gasteiger partial charge >= 0.3 is 5.63 Å². The molecule has 170 valence electrons. The van der Waals surface area contributed by atoms with Crippen molar-refractivity contribution in [1.29, 1.82) is 0 Å². The molecule has 5 rings (SSSR count). The summed E-state index contributed by atoms with van der Waals surface area (Å²) in [6.45, 7) is 2.00. The Bertz CT molecular complexity index is 1480. The molecule has 1 N–H and O–H groups in total. The fourth-order valence-electron chi connectivity index (χ4n) is 3.84. The van der Waals surface area contributed by atoms with Crippen LogP contribution in [0.3, 0.4) is 0 Å². The molecule has 1 atom stereocenters. The lowest BCUT2D eigenvalue weighted by atomic mass is 10.1. The second kappa shape index (κ2) is 8.68. The second-order valence-corrected chi connectivity index (χ2v) is 8.37. The Morgan fingerprint density at radius 3 is 2.59 bits per heavy atom. The summed E-state index contributed by atoms with van der Waals surface area (Å²) in [6, 6.07) is 20.7. The van der Waals surface area contributed by atoms with Crippen molar-refractivity contribution in [2.45, 2.75) is 19.6 Å². The van der Waals surface area contributed by atoms with E-state index in [1.807, 2.05) is 12.1 Å². The van der Waals surface area contributed by atoms with Gasteiger partial charge in [0.2, 0.25) is 0 Å². The number of carbonyl (C=O) groups is 2. The van der Waals surface area contributed by atoms with Crippen molar-refractivity contribution in [3.05, 3.63) is 99.4 Å². The summed E-state index contributed by atoms with van der Waals surface area (Å²) in [5, 5.41) is 3.97.